The third-order valence-electron chi connectivity index (χ3n) is 3.41. The number of aliphatic hydroxyl groups is 1. The van der Waals surface area contributed by atoms with E-state index in [0.29, 0.717) is 19.4 Å². The van der Waals surface area contributed by atoms with Crippen molar-refractivity contribution in [3.63, 3.8) is 0 Å². The quantitative estimate of drug-likeness (QED) is 0.811. The van der Waals surface area contributed by atoms with Gasteiger partial charge in [0.05, 0.1) is 17.6 Å². The number of benzene rings is 1. The number of carbonyl (C=O) groups is 1. The molecule has 0 unspecified atom stereocenters. The predicted molar refractivity (Wildman–Crippen MR) is 76.8 cm³/mol. The third kappa shape index (κ3) is 3.17. The Morgan fingerprint density at radius 1 is 1.40 bits per heavy atom. The molecule has 0 fully saturated rings. The summed E-state index contributed by atoms with van der Waals surface area (Å²) in [5, 5.41) is 17.9. The van der Waals surface area contributed by atoms with E-state index in [1.165, 1.54) is 5.56 Å². The Morgan fingerprint density at radius 3 is 2.85 bits per heavy atom. The monoisotopic (exact) mass is 276 g/mol. The van der Waals surface area contributed by atoms with Gasteiger partial charge in [-0.3, -0.25) is 4.79 Å². The van der Waals surface area contributed by atoms with E-state index in [4.69, 9.17) is 5.11 Å². The molecule has 5 heteroatoms. The van der Waals surface area contributed by atoms with Gasteiger partial charge in [-0.25, -0.2) is 4.98 Å². The molecular weight excluding hydrogens is 256 g/mol. The average Bonchev–Trinajstić information content (AvgIpc) is 2.76. The summed E-state index contributed by atoms with van der Waals surface area (Å²) in [7, 11) is 0. The van der Waals surface area contributed by atoms with Crippen LogP contribution in [0.4, 0.5) is 0 Å². The predicted octanol–water partition coefficient (Wildman–Crippen LogP) is 2.00. The summed E-state index contributed by atoms with van der Waals surface area (Å²) >= 11 is 0. The lowest BCUT2D eigenvalue weighted by Gasteiger charge is -2.06. The van der Waals surface area contributed by atoms with Crippen LogP contribution in [-0.4, -0.2) is 32.3 Å². The molecule has 1 aromatic carbocycles. The fraction of sp³-hybridized carbons (Fsp3) is 0.467. The van der Waals surface area contributed by atoms with Gasteiger partial charge in [-0.2, -0.15) is 0 Å². The summed E-state index contributed by atoms with van der Waals surface area (Å²) in [5.41, 5.74) is 3.15. The van der Waals surface area contributed by atoms with Crippen molar-refractivity contribution in [1.82, 2.24) is 9.55 Å². The highest BCUT2D eigenvalue weighted by molar-refractivity contribution is 5.77. The van der Waals surface area contributed by atoms with E-state index < -0.39 is 5.97 Å². The zero-order valence-corrected chi connectivity index (χ0v) is 11.7. The molecule has 108 valence electrons. The van der Waals surface area contributed by atoms with Gasteiger partial charge >= 0.3 is 5.97 Å². The number of hydrogen-bond donors (Lipinski definition) is 2. The SMILES string of the molecule is CCc1ccc2c(c1)nc(CCCC(=O)O)n2CCO. The fourth-order valence-corrected chi connectivity index (χ4v) is 2.38. The fourth-order valence-electron chi connectivity index (χ4n) is 2.38. The Bertz CT molecular complexity index is 604. The highest BCUT2D eigenvalue weighted by Gasteiger charge is 2.11. The molecule has 2 aromatic rings. The number of nitrogens with zero attached hydrogens (tertiary/aromatic N) is 2. The maximum Gasteiger partial charge on any atom is 0.303 e. The number of rotatable bonds is 7. The van der Waals surface area contributed by atoms with Gasteiger partial charge < -0.3 is 14.8 Å². The Kier molecular flexibility index (Phi) is 4.74. The zero-order chi connectivity index (χ0) is 14.5. The molecule has 20 heavy (non-hydrogen) atoms. The minimum absolute atomic E-state index is 0.0485. The summed E-state index contributed by atoms with van der Waals surface area (Å²) in [6.07, 6.45) is 2.27. The van der Waals surface area contributed by atoms with Gasteiger partial charge in [0.15, 0.2) is 0 Å². The standard InChI is InChI=1S/C15H20N2O3/c1-2-11-6-7-13-12(10-11)16-14(17(13)8-9-18)4-3-5-15(19)20/h6-7,10,18H,2-5,8-9H2,1H3,(H,19,20). The average molecular weight is 276 g/mol. The normalized spacial score (nSPS) is 11.1. The molecule has 1 aromatic heterocycles. The number of hydrogen-bond acceptors (Lipinski definition) is 3. The largest absolute Gasteiger partial charge is 0.481 e. The van der Waals surface area contributed by atoms with Crippen LogP contribution in [0.2, 0.25) is 0 Å². The molecule has 0 saturated carbocycles. The number of imidazole rings is 1. The minimum atomic E-state index is -0.789. The van der Waals surface area contributed by atoms with E-state index in [1.54, 1.807) is 0 Å². The number of carboxylic acids is 1. The van der Waals surface area contributed by atoms with Gasteiger partial charge in [0.25, 0.3) is 0 Å². The Morgan fingerprint density at radius 2 is 2.20 bits per heavy atom. The van der Waals surface area contributed by atoms with Gasteiger partial charge in [-0.15, -0.1) is 0 Å². The van der Waals surface area contributed by atoms with E-state index in [-0.39, 0.29) is 13.0 Å². The smallest absolute Gasteiger partial charge is 0.303 e. The van der Waals surface area contributed by atoms with E-state index in [0.717, 1.165) is 23.3 Å². The van der Waals surface area contributed by atoms with Crippen LogP contribution in [0.1, 0.15) is 31.2 Å². The second kappa shape index (κ2) is 6.52. The highest BCUT2D eigenvalue weighted by atomic mass is 16.4. The molecule has 1 heterocycles. The highest BCUT2D eigenvalue weighted by Crippen LogP contribution is 2.19. The maximum atomic E-state index is 10.6. The minimum Gasteiger partial charge on any atom is -0.481 e. The first-order chi connectivity index (χ1) is 9.65. The van der Waals surface area contributed by atoms with Gasteiger partial charge in [0.2, 0.25) is 0 Å². The molecule has 0 spiro atoms. The van der Waals surface area contributed by atoms with Crippen molar-refractivity contribution in [1.29, 1.82) is 0 Å². The molecule has 0 aliphatic heterocycles. The first kappa shape index (κ1) is 14.5. The lowest BCUT2D eigenvalue weighted by Crippen LogP contribution is -2.08. The maximum absolute atomic E-state index is 10.6. The molecule has 0 atom stereocenters. The van der Waals surface area contributed by atoms with Crippen molar-refractivity contribution in [2.45, 2.75) is 39.2 Å². The summed E-state index contributed by atoms with van der Waals surface area (Å²) in [6.45, 7) is 2.64. The lowest BCUT2D eigenvalue weighted by molar-refractivity contribution is -0.137. The summed E-state index contributed by atoms with van der Waals surface area (Å²) in [4.78, 5) is 15.2. The van der Waals surface area contributed by atoms with Crippen LogP contribution < -0.4 is 0 Å². The van der Waals surface area contributed by atoms with Crippen LogP contribution in [0.15, 0.2) is 18.2 Å². The summed E-state index contributed by atoms with van der Waals surface area (Å²) in [5.74, 6) is 0.0617. The van der Waals surface area contributed by atoms with Crippen molar-refractivity contribution in [2.75, 3.05) is 6.61 Å². The molecule has 0 radical (unpaired) electrons. The molecule has 0 aliphatic rings. The third-order valence-corrected chi connectivity index (χ3v) is 3.41. The van der Waals surface area contributed by atoms with Gasteiger partial charge in [-0.1, -0.05) is 13.0 Å². The van der Waals surface area contributed by atoms with Crippen molar-refractivity contribution in [3.8, 4) is 0 Å². The van der Waals surface area contributed by atoms with Crippen LogP contribution in [0.5, 0.6) is 0 Å². The van der Waals surface area contributed by atoms with Gasteiger partial charge in [0.1, 0.15) is 5.82 Å². The van der Waals surface area contributed by atoms with Crippen LogP contribution in [0, 0.1) is 0 Å². The topological polar surface area (TPSA) is 75.3 Å². The molecule has 0 bridgehead atoms. The Balaban J connectivity index is 2.31. The van der Waals surface area contributed by atoms with Crippen LogP contribution in [0.3, 0.4) is 0 Å². The number of carboxylic acid groups (broad SMARTS) is 1. The van der Waals surface area contributed by atoms with E-state index in [9.17, 15) is 9.90 Å². The molecule has 5 nitrogen and oxygen atoms in total. The molecule has 0 amide bonds. The molecular formula is C15H20N2O3. The number of aryl methyl sites for hydroxylation is 2. The Hall–Kier alpha value is -1.88. The second-order valence-corrected chi connectivity index (χ2v) is 4.83. The summed E-state index contributed by atoms with van der Waals surface area (Å²) in [6, 6.07) is 6.15. The molecule has 0 saturated heterocycles. The van der Waals surface area contributed by atoms with Crippen LogP contribution >= 0.6 is 0 Å². The number of aliphatic hydroxyl groups excluding tert-OH is 1. The number of fused-ring (bicyclic) bond motifs is 1. The first-order valence-electron chi connectivity index (χ1n) is 6.96. The number of aliphatic carboxylic acids is 1. The molecule has 2 N–H and O–H groups in total. The summed E-state index contributed by atoms with van der Waals surface area (Å²) < 4.78 is 1.98. The molecule has 2 rings (SSSR count). The first-order valence-corrected chi connectivity index (χ1v) is 6.96. The zero-order valence-electron chi connectivity index (χ0n) is 11.7. The van der Waals surface area contributed by atoms with Gasteiger partial charge in [-0.05, 0) is 30.5 Å². The second-order valence-electron chi connectivity index (χ2n) is 4.83. The van der Waals surface area contributed by atoms with Crippen LogP contribution in [-0.2, 0) is 24.2 Å². The van der Waals surface area contributed by atoms with E-state index >= 15 is 0 Å². The van der Waals surface area contributed by atoms with Crippen molar-refractivity contribution in [2.24, 2.45) is 0 Å². The molecule has 0 aliphatic carbocycles. The van der Waals surface area contributed by atoms with Gasteiger partial charge in [0, 0.05) is 19.4 Å². The van der Waals surface area contributed by atoms with Crippen molar-refractivity contribution >= 4 is 17.0 Å². The van der Waals surface area contributed by atoms with Crippen LogP contribution in [0.25, 0.3) is 11.0 Å². The van der Waals surface area contributed by atoms with Crippen molar-refractivity contribution in [3.05, 3.63) is 29.6 Å². The van der Waals surface area contributed by atoms with E-state index in [2.05, 4.69) is 24.0 Å². The Labute approximate surface area is 117 Å². The number of aromatic nitrogens is 2. The lowest BCUT2D eigenvalue weighted by atomic mass is 10.1. The van der Waals surface area contributed by atoms with Crippen molar-refractivity contribution < 1.29 is 15.0 Å². The van der Waals surface area contributed by atoms with E-state index in [1.807, 2.05) is 10.6 Å².